The van der Waals surface area contributed by atoms with Crippen LogP contribution in [0.15, 0.2) is 46.0 Å². The van der Waals surface area contributed by atoms with Gasteiger partial charge < -0.3 is 9.88 Å². The standard InChI is InChI=1S/C19H19N3O3S/c1-12-6-7-16(26-12)18(24)21-10-8-13(9-11-21)22-17(23)14-4-2-3-5-15(14)20-19(22)25/h2-7,13H,8-11H2,1H3,(H,20,25). The van der Waals surface area contributed by atoms with E-state index in [0.717, 1.165) is 9.75 Å². The Morgan fingerprint density at radius 3 is 2.54 bits per heavy atom. The van der Waals surface area contributed by atoms with Gasteiger partial charge in [0.1, 0.15) is 0 Å². The minimum absolute atomic E-state index is 0.0290. The number of aromatic nitrogens is 2. The number of benzene rings is 1. The van der Waals surface area contributed by atoms with Gasteiger partial charge in [-0.3, -0.25) is 14.2 Å². The first kappa shape index (κ1) is 16.8. The molecule has 0 radical (unpaired) electrons. The molecular formula is C19H19N3O3S. The van der Waals surface area contributed by atoms with Crippen LogP contribution in [0.4, 0.5) is 0 Å². The number of amides is 1. The summed E-state index contributed by atoms with van der Waals surface area (Å²) in [6.45, 7) is 3.06. The maximum Gasteiger partial charge on any atom is 0.329 e. The molecule has 1 aromatic carbocycles. The normalized spacial score (nSPS) is 15.5. The third-order valence-corrected chi connectivity index (χ3v) is 5.89. The molecular weight excluding hydrogens is 350 g/mol. The van der Waals surface area contributed by atoms with E-state index >= 15 is 0 Å². The van der Waals surface area contributed by atoms with Gasteiger partial charge in [0.25, 0.3) is 11.5 Å². The highest BCUT2D eigenvalue weighted by Crippen LogP contribution is 2.24. The Labute approximate surface area is 153 Å². The fourth-order valence-corrected chi connectivity index (χ4v) is 4.38. The second-order valence-electron chi connectivity index (χ2n) is 6.58. The van der Waals surface area contributed by atoms with E-state index in [-0.39, 0.29) is 23.2 Å². The monoisotopic (exact) mass is 369 g/mol. The van der Waals surface area contributed by atoms with Crippen LogP contribution in [-0.2, 0) is 0 Å². The number of hydrogen-bond donors (Lipinski definition) is 1. The van der Waals surface area contributed by atoms with Crippen molar-refractivity contribution >= 4 is 28.1 Å². The molecule has 0 saturated carbocycles. The molecule has 1 aliphatic heterocycles. The van der Waals surface area contributed by atoms with Crippen LogP contribution in [0.3, 0.4) is 0 Å². The van der Waals surface area contributed by atoms with Crippen molar-refractivity contribution < 1.29 is 4.79 Å². The quantitative estimate of drug-likeness (QED) is 0.754. The topological polar surface area (TPSA) is 75.2 Å². The minimum Gasteiger partial charge on any atom is -0.338 e. The average molecular weight is 369 g/mol. The molecule has 0 spiro atoms. The predicted molar refractivity (Wildman–Crippen MR) is 102 cm³/mol. The molecule has 0 unspecified atom stereocenters. The first-order chi connectivity index (χ1) is 12.5. The van der Waals surface area contributed by atoms with E-state index in [2.05, 4.69) is 4.98 Å². The number of fused-ring (bicyclic) bond motifs is 1. The largest absolute Gasteiger partial charge is 0.338 e. The zero-order valence-electron chi connectivity index (χ0n) is 14.4. The highest BCUT2D eigenvalue weighted by molar-refractivity contribution is 7.13. The van der Waals surface area contributed by atoms with Crippen molar-refractivity contribution in [2.45, 2.75) is 25.8 Å². The number of nitrogens with one attached hydrogen (secondary N) is 1. The van der Waals surface area contributed by atoms with E-state index in [1.807, 2.05) is 24.0 Å². The minimum atomic E-state index is -0.382. The SMILES string of the molecule is Cc1ccc(C(=O)N2CCC(n3c(=O)[nH]c4ccccc4c3=O)CC2)s1. The van der Waals surface area contributed by atoms with Gasteiger partial charge in [0.15, 0.2) is 0 Å². The van der Waals surface area contributed by atoms with Crippen LogP contribution in [0.1, 0.15) is 33.4 Å². The number of hydrogen-bond acceptors (Lipinski definition) is 4. The van der Waals surface area contributed by atoms with Crippen LogP contribution < -0.4 is 11.2 Å². The van der Waals surface area contributed by atoms with Gasteiger partial charge in [-0.05, 0) is 44.0 Å². The third-order valence-electron chi connectivity index (χ3n) is 4.90. The number of H-pyrrole nitrogens is 1. The summed E-state index contributed by atoms with van der Waals surface area (Å²) in [7, 11) is 0. The molecule has 3 heterocycles. The summed E-state index contributed by atoms with van der Waals surface area (Å²) in [5.41, 5.74) is -0.0882. The van der Waals surface area contributed by atoms with Gasteiger partial charge in [-0.2, -0.15) is 0 Å². The lowest BCUT2D eigenvalue weighted by atomic mass is 10.0. The van der Waals surface area contributed by atoms with Crippen molar-refractivity contribution in [2.24, 2.45) is 0 Å². The Kier molecular flexibility index (Phi) is 4.24. The first-order valence-corrected chi connectivity index (χ1v) is 9.45. The van der Waals surface area contributed by atoms with Gasteiger partial charge >= 0.3 is 5.69 Å². The molecule has 6 nitrogen and oxygen atoms in total. The van der Waals surface area contributed by atoms with Crippen LogP contribution >= 0.6 is 11.3 Å². The van der Waals surface area contributed by atoms with Gasteiger partial charge in [0.05, 0.1) is 15.8 Å². The van der Waals surface area contributed by atoms with Gasteiger partial charge in [0.2, 0.25) is 0 Å². The molecule has 1 N–H and O–H groups in total. The van der Waals surface area contributed by atoms with E-state index in [1.165, 1.54) is 15.9 Å². The molecule has 1 amide bonds. The summed E-state index contributed by atoms with van der Waals surface area (Å²) in [6.07, 6.45) is 1.19. The molecule has 26 heavy (non-hydrogen) atoms. The number of thiophene rings is 1. The molecule has 3 aromatic rings. The lowest BCUT2D eigenvalue weighted by Crippen LogP contribution is -2.44. The Morgan fingerprint density at radius 2 is 1.85 bits per heavy atom. The summed E-state index contributed by atoms with van der Waals surface area (Å²) in [4.78, 5) is 44.2. The van der Waals surface area contributed by atoms with Gasteiger partial charge in [0, 0.05) is 24.0 Å². The molecule has 4 rings (SSSR count). The Morgan fingerprint density at radius 1 is 1.12 bits per heavy atom. The van der Waals surface area contributed by atoms with Crippen molar-refractivity contribution in [3.63, 3.8) is 0 Å². The molecule has 1 aliphatic rings. The lowest BCUT2D eigenvalue weighted by Gasteiger charge is -2.32. The number of carbonyl (C=O) groups is 1. The fraction of sp³-hybridized carbons (Fsp3) is 0.316. The highest BCUT2D eigenvalue weighted by Gasteiger charge is 2.27. The summed E-state index contributed by atoms with van der Waals surface area (Å²) in [5, 5.41) is 0.514. The van der Waals surface area contributed by atoms with Crippen LogP contribution in [0, 0.1) is 6.92 Å². The van der Waals surface area contributed by atoms with Gasteiger partial charge in [-0.15, -0.1) is 11.3 Å². The lowest BCUT2D eigenvalue weighted by molar-refractivity contribution is 0.0697. The van der Waals surface area contributed by atoms with Crippen LogP contribution in [-0.4, -0.2) is 33.4 Å². The summed E-state index contributed by atoms with van der Waals surface area (Å²) in [5.74, 6) is 0.0290. The second kappa shape index (κ2) is 6.57. The number of piperidine rings is 1. The van der Waals surface area contributed by atoms with Crippen molar-refractivity contribution in [2.75, 3.05) is 13.1 Å². The number of aryl methyl sites for hydroxylation is 1. The Balaban J connectivity index is 1.57. The van der Waals surface area contributed by atoms with Crippen LogP contribution in [0.2, 0.25) is 0 Å². The molecule has 2 aromatic heterocycles. The Hall–Kier alpha value is -2.67. The molecule has 1 saturated heterocycles. The molecule has 0 atom stereocenters. The van der Waals surface area contributed by atoms with E-state index < -0.39 is 0 Å². The summed E-state index contributed by atoms with van der Waals surface area (Å²) < 4.78 is 1.32. The smallest absolute Gasteiger partial charge is 0.329 e. The molecule has 7 heteroatoms. The maximum absolute atomic E-state index is 12.8. The van der Waals surface area contributed by atoms with E-state index in [0.29, 0.717) is 36.8 Å². The van der Waals surface area contributed by atoms with Crippen molar-refractivity contribution in [1.82, 2.24) is 14.5 Å². The number of likely N-dealkylation sites (tertiary alicyclic amines) is 1. The number of aromatic amines is 1. The number of carbonyl (C=O) groups excluding carboxylic acids is 1. The maximum atomic E-state index is 12.8. The van der Waals surface area contributed by atoms with Gasteiger partial charge in [-0.1, -0.05) is 12.1 Å². The number of nitrogens with zero attached hydrogens (tertiary/aromatic N) is 2. The molecule has 0 bridgehead atoms. The molecule has 134 valence electrons. The zero-order valence-corrected chi connectivity index (χ0v) is 15.2. The Bertz CT molecular complexity index is 1090. The number of para-hydroxylation sites is 1. The van der Waals surface area contributed by atoms with Crippen molar-refractivity contribution in [3.8, 4) is 0 Å². The van der Waals surface area contributed by atoms with E-state index in [1.54, 1.807) is 24.3 Å². The highest BCUT2D eigenvalue weighted by atomic mass is 32.1. The molecule has 0 aliphatic carbocycles. The zero-order chi connectivity index (χ0) is 18.3. The van der Waals surface area contributed by atoms with Gasteiger partial charge in [-0.25, -0.2) is 4.79 Å². The predicted octanol–water partition coefficient (Wildman–Crippen LogP) is 2.54. The van der Waals surface area contributed by atoms with Crippen molar-refractivity contribution in [3.05, 3.63) is 67.0 Å². The second-order valence-corrected chi connectivity index (χ2v) is 7.87. The average Bonchev–Trinajstić information content (AvgIpc) is 3.08. The van der Waals surface area contributed by atoms with Crippen LogP contribution in [0.25, 0.3) is 10.9 Å². The number of rotatable bonds is 2. The third kappa shape index (κ3) is 2.88. The summed E-state index contributed by atoms with van der Waals surface area (Å²) >= 11 is 1.49. The van der Waals surface area contributed by atoms with Crippen molar-refractivity contribution in [1.29, 1.82) is 0 Å². The molecule has 1 fully saturated rings. The summed E-state index contributed by atoms with van der Waals surface area (Å²) in [6, 6.07) is 10.6. The fourth-order valence-electron chi connectivity index (χ4n) is 3.54. The van der Waals surface area contributed by atoms with Crippen LogP contribution in [0.5, 0.6) is 0 Å². The van der Waals surface area contributed by atoms with E-state index in [9.17, 15) is 14.4 Å². The van der Waals surface area contributed by atoms with E-state index in [4.69, 9.17) is 0 Å². The first-order valence-electron chi connectivity index (χ1n) is 8.64.